The van der Waals surface area contributed by atoms with E-state index >= 15 is 0 Å². The van der Waals surface area contributed by atoms with Crippen LogP contribution in [0, 0.1) is 0 Å². The molecule has 0 aliphatic rings. The lowest BCUT2D eigenvalue weighted by Gasteiger charge is -2.12. The SMILES string of the molecule is COc1ccccc1OCC(=O)NNC(=O)COc1ccc(-c2ccccc2)cc1Br. The molecular formula is C23H21BrN2O5. The van der Waals surface area contributed by atoms with Gasteiger partial charge in [-0.3, -0.25) is 20.4 Å². The number of rotatable bonds is 8. The van der Waals surface area contributed by atoms with Crippen LogP contribution in [0.15, 0.2) is 77.3 Å². The minimum absolute atomic E-state index is 0.267. The molecule has 0 saturated heterocycles. The molecule has 0 fully saturated rings. The van der Waals surface area contributed by atoms with E-state index < -0.39 is 11.8 Å². The smallest absolute Gasteiger partial charge is 0.276 e. The fourth-order valence-electron chi connectivity index (χ4n) is 2.66. The van der Waals surface area contributed by atoms with Crippen molar-refractivity contribution in [2.45, 2.75) is 0 Å². The minimum atomic E-state index is -0.521. The predicted molar refractivity (Wildman–Crippen MR) is 120 cm³/mol. The molecule has 0 heterocycles. The summed E-state index contributed by atoms with van der Waals surface area (Å²) in [5.41, 5.74) is 6.65. The first kappa shape index (κ1) is 22.2. The topological polar surface area (TPSA) is 85.9 Å². The van der Waals surface area contributed by atoms with E-state index in [1.54, 1.807) is 30.3 Å². The first-order chi connectivity index (χ1) is 15.1. The van der Waals surface area contributed by atoms with E-state index in [1.165, 1.54) is 7.11 Å². The lowest BCUT2D eigenvalue weighted by Crippen LogP contribution is -2.45. The Morgan fingerprint density at radius 3 is 1.94 bits per heavy atom. The second-order valence-electron chi connectivity index (χ2n) is 6.34. The standard InChI is InChI=1S/C23H21BrN2O5/c1-29-20-9-5-6-10-21(20)31-15-23(28)26-25-22(27)14-30-19-12-11-17(13-18(19)24)16-7-3-2-4-8-16/h2-13H,14-15H2,1H3,(H,25,27)(H,26,28). The number of nitrogens with one attached hydrogen (secondary N) is 2. The first-order valence-electron chi connectivity index (χ1n) is 9.38. The van der Waals surface area contributed by atoms with E-state index in [0.717, 1.165) is 15.6 Å². The van der Waals surface area contributed by atoms with E-state index in [2.05, 4.69) is 26.8 Å². The van der Waals surface area contributed by atoms with Crippen LogP contribution >= 0.6 is 15.9 Å². The third kappa shape index (κ3) is 6.48. The number of benzene rings is 3. The number of hydrazine groups is 1. The van der Waals surface area contributed by atoms with Crippen LogP contribution in [0.1, 0.15) is 0 Å². The molecule has 0 aliphatic heterocycles. The van der Waals surface area contributed by atoms with Crippen LogP contribution in [0.25, 0.3) is 11.1 Å². The van der Waals surface area contributed by atoms with Gasteiger partial charge in [0, 0.05) is 0 Å². The summed E-state index contributed by atoms with van der Waals surface area (Å²) >= 11 is 3.46. The fraction of sp³-hybridized carbons (Fsp3) is 0.130. The van der Waals surface area contributed by atoms with E-state index in [4.69, 9.17) is 14.2 Å². The van der Waals surface area contributed by atoms with Crippen LogP contribution in [0.3, 0.4) is 0 Å². The largest absolute Gasteiger partial charge is 0.493 e. The quantitative estimate of drug-likeness (QED) is 0.475. The molecule has 8 heteroatoms. The van der Waals surface area contributed by atoms with Crippen molar-refractivity contribution in [1.29, 1.82) is 0 Å². The molecule has 0 atom stereocenters. The highest BCUT2D eigenvalue weighted by atomic mass is 79.9. The Bertz CT molecular complexity index is 1040. The number of para-hydroxylation sites is 2. The molecule has 7 nitrogen and oxygen atoms in total. The Hall–Kier alpha value is -3.52. The Morgan fingerprint density at radius 2 is 1.32 bits per heavy atom. The zero-order chi connectivity index (χ0) is 22.1. The van der Waals surface area contributed by atoms with Gasteiger partial charge in [0.1, 0.15) is 5.75 Å². The summed E-state index contributed by atoms with van der Waals surface area (Å²) in [6, 6.07) is 22.5. The van der Waals surface area contributed by atoms with E-state index in [9.17, 15) is 9.59 Å². The lowest BCUT2D eigenvalue weighted by molar-refractivity contribution is -0.131. The van der Waals surface area contributed by atoms with E-state index in [1.807, 2.05) is 42.5 Å². The second kappa shape index (κ2) is 11.0. The zero-order valence-corrected chi connectivity index (χ0v) is 18.3. The van der Waals surface area contributed by atoms with Gasteiger partial charge in [0.15, 0.2) is 24.7 Å². The van der Waals surface area contributed by atoms with Gasteiger partial charge in [-0.25, -0.2) is 0 Å². The molecule has 2 N–H and O–H groups in total. The van der Waals surface area contributed by atoms with Crippen molar-refractivity contribution in [3.8, 4) is 28.4 Å². The molecule has 31 heavy (non-hydrogen) atoms. The average molecular weight is 485 g/mol. The zero-order valence-electron chi connectivity index (χ0n) is 16.8. The molecule has 0 unspecified atom stereocenters. The van der Waals surface area contributed by atoms with Gasteiger partial charge in [-0.05, 0) is 51.3 Å². The molecule has 3 aromatic carbocycles. The number of ether oxygens (including phenoxy) is 3. The van der Waals surface area contributed by atoms with Gasteiger partial charge in [-0.15, -0.1) is 0 Å². The summed E-state index contributed by atoms with van der Waals surface area (Å²) < 4.78 is 16.8. The van der Waals surface area contributed by atoms with Crippen molar-refractivity contribution in [2.24, 2.45) is 0 Å². The summed E-state index contributed by atoms with van der Waals surface area (Å²) in [5.74, 6) is 0.424. The molecule has 0 saturated carbocycles. The number of hydrogen-bond donors (Lipinski definition) is 2. The van der Waals surface area contributed by atoms with Crippen LogP contribution in [0.4, 0.5) is 0 Å². The summed E-state index contributed by atoms with van der Waals surface area (Å²) in [4.78, 5) is 23.8. The summed E-state index contributed by atoms with van der Waals surface area (Å²) in [6.45, 7) is -0.551. The maximum absolute atomic E-state index is 12.0. The van der Waals surface area contributed by atoms with Crippen molar-refractivity contribution in [1.82, 2.24) is 10.9 Å². The van der Waals surface area contributed by atoms with Gasteiger partial charge in [-0.1, -0.05) is 48.5 Å². The normalized spacial score (nSPS) is 10.1. The van der Waals surface area contributed by atoms with Crippen molar-refractivity contribution in [2.75, 3.05) is 20.3 Å². The number of halogens is 1. The molecule has 0 aliphatic carbocycles. The van der Waals surface area contributed by atoms with Crippen molar-refractivity contribution < 1.29 is 23.8 Å². The highest BCUT2D eigenvalue weighted by Crippen LogP contribution is 2.30. The van der Waals surface area contributed by atoms with Gasteiger partial charge in [-0.2, -0.15) is 0 Å². The monoisotopic (exact) mass is 484 g/mol. The highest BCUT2D eigenvalue weighted by Gasteiger charge is 2.10. The van der Waals surface area contributed by atoms with E-state index in [0.29, 0.717) is 17.2 Å². The molecular weight excluding hydrogens is 464 g/mol. The molecule has 3 aromatic rings. The van der Waals surface area contributed by atoms with Crippen LogP contribution in [-0.2, 0) is 9.59 Å². The Labute approximate surface area is 188 Å². The van der Waals surface area contributed by atoms with Gasteiger partial charge in [0.25, 0.3) is 11.8 Å². The fourth-order valence-corrected chi connectivity index (χ4v) is 3.16. The molecule has 0 bridgehead atoms. The molecule has 2 amide bonds. The third-order valence-electron chi connectivity index (χ3n) is 4.17. The molecule has 3 rings (SSSR count). The van der Waals surface area contributed by atoms with Crippen molar-refractivity contribution >= 4 is 27.7 Å². The summed E-state index contributed by atoms with van der Waals surface area (Å²) in [7, 11) is 1.51. The second-order valence-corrected chi connectivity index (χ2v) is 7.19. The number of carbonyl (C=O) groups excluding carboxylic acids is 2. The first-order valence-corrected chi connectivity index (χ1v) is 10.2. The van der Waals surface area contributed by atoms with Crippen LogP contribution in [0.5, 0.6) is 17.2 Å². The van der Waals surface area contributed by atoms with Crippen LogP contribution in [-0.4, -0.2) is 32.1 Å². The maximum atomic E-state index is 12.0. The van der Waals surface area contributed by atoms with E-state index in [-0.39, 0.29) is 13.2 Å². The molecule has 0 spiro atoms. The number of methoxy groups -OCH3 is 1. The lowest BCUT2D eigenvalue weighted by atomic mass is 10.1. The van der Waals surface area contributed by atoms with Crippen LogP contribution in [0.2, 0.25) is 0 Å². The third-order valence-corrected chi connectivity index (χ3v) is 4.79. The van der Waals surface area contributed by atoms with Gasteiger partial charge in [0.05, 0.1) is 11.6 Å². The van der Waals surface area contributed by atoms with Crippen molar-refractivity contribution in [3.63, 3.8) is 0 Å². The van der Waals surface area contributed by atoms with Gasteiger partial charge in [0.2, 0.25) is 0 Å². The van der Waals surface area contributed by atoms with Gasteiger partial charge < -0.3 is 14.2 Å². The average Bonchev–Trinajstić information content (AvgIpc) is 2.81. The van der Waals surface area contributed by atoms with Crippen LogP contribution < -0.4 is 25.1 Å². The molecule has 160 valence electrons. The number of carbonyl (C=O) groups is 2. The van der Waals surface area contributed by atoms with Gasteiger partial charge >= 0.3 is 0 Å². The highest BCUT2D eigenvalue weighted by molar-refractivity contribution is 9.10. The molecule has 0 radical (unpaired) electrons. The maximum Gasteiger partial charge on any atom is 0.276 e. The summed E-state index contributed by atoms with van der Waals surface area (Å²) in [6.07, 6.45) is 0. The summed E-state index contributed by atoms with van der Waals surface area (Å²) in [5, 5.41) is 0. The Morgan fingerprint density at radius 1 is 0.742 bits per heavy atom. The Balaban J connectivity index is 1.43. The molecule has 0 aromatic heterocycles. The number of amides is 2. The van der Waals surface area contributed by atoms with Crippen molar-refractivity contribution in [3.05, 3.63) is 77.3 Å². The predicted octanol–water partition coefficient (Wildman–Crippen LogP) is 3.73. The number of hydrogen-bond acceptors (Lipinski definition) is 5. The minimum Gasteiger partial charge on any atom is -0.493 e. The Kier molecular flexibility index (Phi) is 7.89.